The number of halogens is 2. The largest absolute Gasteiger partial charge is 0.397 e. The fourth-order valence-electron chi connectivity index (χ4n) is 1.28. The minimum absolute atomic E-state index is 0.206. The number of benzene rings is 1. The Bertz CT molecular complexity index is 568. The summed E-state index contributed by atoms with van der Waals surface area (Å²) in [5.74, 6) is -2.65. The van der Waals surface area contributed by atoms with Crippen molar-refractivity contribution in [3.05, 3.63) is 46.2 Å². The highest BCUT2D eigenvalue weighted by atomic mass is 32.1. The van der Waals surface area contributed by atoms with Crippen LogP contribution in [0, 0.1) is 11.6 Å². The maximum absolute atomic E-state index is 13.3. The van der Waals surface area contributed by atoms with Crippen LogP contribution in [0.3, 0.4) is 0 Å². The van der Waals surface area contributed by atoms with E-state index in [0.29, 0.717) is 5.69 Å². The molecule has 0 unspecified atom stereocenters. The summed E-state index contributed by atoms with van der Waals surface area (Å²) >= 11 is 1.13. The lowest BCUT2D eigenvalue weighted by molar-refractivity contribution is 0.103. The van der Waals surface area contributed by atoms with Crippen LogP contribution in [0.2, 0.25) is 0 Å². The van der Waals surface area contributed by atoms with Gasteiger partial charge in [-0.05, 0) is 23.6 Å². The molecule has 0 saturated carbocycles. The van der Waals surface area contributed by atoms with E-state index >= 15 is 0 Å². The lowest BCUT2D eigenvalue weighted by atomic mass is 10.3. The first-order valence-electron chi connectivity index (χ1n) is 4.68. The molecule has 0 radical (unpaired) electrons. The Hall–Kier alpha value is -1.95. The molecule has 2 aromatic rings. The van der Waals surface area contributed by atoms with Gasteiger partial charge in [-0.15, -0.1) is 11.3 Å². The number of anilines is 2. The van der Waals surface area contributed by atoms with Gasteiger partial charge in [0, 0.05) is 0 Å². The molecule has 1 heterocycles. The van der Waals surface area contributed by atoms with Crippen molar-refractivity contribution in [2.24, 2.45) is 0 Å². The Morgan fingerprint density at radius 2 is 2.06 bits per heavy atom. The Morgan fingerprint density at radius 1 is 1.29 bits per heavy atom. The van der Waals surface area contributed by atoms with Gasteiger partial charge in [0.2, 0.25) is 0 Å². The number of nitrogens with one attached hydrogen (secondary N) is 1. The van der Waals surface area contributed by atoms with E-state index in [1.165, 1.54) is 12.1 Å². The van der Waals surface area contributed by atoms with Crippen LogP contribution in [0.5, 0.6) is 0 Å². The van der Waals surface area contributed by atoms with Crippen molar-refractivity contribution >= 4 is 28.6 Å². The van der Waals surface area contributed by atoms with Gasteiger partial charge in [0.1, 0.15) is 4.88 Å². The van der Waals surface area contributed by atoms with Crippen molar-refractivity contribution in [2.75, 3.05) is 11.1 Å². The molecule has 0 aliphatic heterocycles. The van der Waals surface area contributed by atoms with E-state index in [1.807, 2.05) is 0 Å². The summed E-state index contributed by atoms with van der Waals surface area (Å²) in [6, 6.07) is 5.14. The quantitative estimate of drug-likeness (QED) is 0.865. The monoisotopic (exact) mass is 254 g/mol. The molecule has 0 atom stereocenters. The molecule has 0 aliphatic rings. The van der Waals surface area contributed by atoms with Gasteiger partial charge >= 0.3 is 0 Å². The maximum atomic E-state index is 13.3. The third-order valence-corrected chi connectivity index (χ3v) is 3.03. The second kappa shape index (κ2) is 4.50. The molecule has 6 heteroatoms. The van der Waals surface area contributed by atoms with Gasteiger partial charge < -0.3 is 11.1 Å². The van der Waals surface area contributed by atoms with Crippen molar-refractivity contribution in [1.82, 2.24) is 0 Å². The van der Waals surface area contributed by atoms with Crippen molar-refractivity contribution < 1.29 is 13.6 Å². The third-order valence-electron chi connectivity index (χ3n) is 2.10. The second-order valence-electron chi connectivity index (χ2n) is 3.26. The van der Waals surface area contributed by atoms with Gasteiger partial charge in [0.15, 0.2) is 11.6 Å². The van der Waals surface area contributed by atoms with Crippen molar-refractivity contribution in [2.45, 2.75) is 0 Å². The highest BCUT2D eigenvalue weighted by molar-refractivity contribution is 7.12. The highest BCUT2D eigenvalue weighted by Gasteiger charge is 2.14. The first kappa shape index (κ1) is 11.5. The predicted octanol–water partition coefficient (Wildman–Crippen LogP) is 2.86. The van der Waals surface area contributed by atoms with Gasteiger partial charge in [0.25, 0.3) is 5.91 Å². The summed E-state index contributed by atoms with van der Waals surface area (Å²) in [7, 11) is 0. The van der Waals surface area contributed by atoms with E-state index in [2.05, 4.69) is 5.32 Å². The lowest BCUT2D eigenvalue weighted by Gasteiger charge is -2.05. The van der Waals surface area contributed by atoms with Crippen LogP contribution in [-0.2, 0) is 0 Å². The van der Waals surface area contributed by atoms with Crippen molar-refractivity contribution in [1.29, 1.82) is 0 Å². The molecule has 1 aromatic heterocycles. The molecule has 88 valence electrons. The molecule has 1 amide bonds. The van der Waals surface area contributed by atoms with Crippen LogP contribution in [0.15, 0.2) is 29.6 Å². The van der Waals surface area contributed by atoms with Crippen LogP contribution in [0.4, 0.5) is 20.2 Å². The summed E-state index contributed by atoms with van der Waals surface area (Å²) in [4.78, 5) is 12.0. The molecule has 0 aliphatic carbocycles. The molecule has 17 heavy (non-hydrogen) atoms. The predicted molar refractivity (Wildman–Crippen MR) is 63.0 cm³/mol. The number of thiophene rings is 1. The Labute approximate surface area is 99.9 Å². The topological polar surface area (TPSA) is 55.1 Å². The van der Waals surface area contributed by atoms with Crippen molar-refractivity contribution in [3.8, 4) is 0 Å². The van der Waals surface area contributed by atoms with Crippen LogP contribution < -0.4 is 11.1 Å². The Kier molecular flexibility index (Phi) is 3.06. The molecular weight excluding hydrogens is 246 g/mol. The SMILES string of the molecule is Nc1ccsc1C(=O)Nc1cccc(F)c1F. The van der Waals surface area contributed by atoms with Crippen LogP contribution >= 0.6 is 11.3 Å². The standard InChI is InChI=1S/C11H8F2N2OS/c12-6-2-1-3-8(9(6)13)15-11(16)10-7(14)4-5-17-10/h1-5H,14H2,(H,15,16). The molecule has 0 bridgehead atoms. The zero-order valence-electron chi connectivity index (χ0n) is 8.54. The zero-order chi connectivity index (χ0) is 12.4. The number of hydrogen-bond acceptors (Lipinski definition) is 3. The van der Waals surface area contributed by atoms with E-state index in [-0.39, 0.29) is 10.6 Å². The van der Waals surface area contributed by atoms with Crippen LogP contribution in [0.1, 0.15) is 9.67 Å². The van der Waals surface area contributed by atoms with E-state index in [1.54, 1.807) is 11.4 Å². The Morgan fingerprint density at radius 3 is 2.71 bits per heavy atom. The number of carbonyl (C=O) groups excluding carboxylic acids is 1. The average Bonchev–Trinajstić information content (AvgIpc) is 2.71. The number of rotatable bonds is 2. The van der Waals surface area contributed by atoms with Gasteiger partial charge in [-0.3, -0.25) is 4.79 Å². The highest BCUT2D eigenvalue weighted by Crippen LogP contribution is 2.22. The first-order valence-corrected chi connectivity index (χ1v) is 5.56. The second-order valence-corrected chi connectivity index (χ2v) is 4.18. The van der Waals surface area contributed by atoms with Gasteiger partial charge in [-0.2, -0.15) is 0 Å². The lowest BCUT2D eigenvalue weighted by Crippen LogP contribution is -2.13. The maximum Gasteiger partial charge on any atom is 0.267 e. The normalized spacial score (nSPS) is 10.2. The molecule has 0 spiro atoms. The summed E-state index contributed by atoms with van der Waals surface area (Å²) in [6.45, 7) is 0. The molecule has 1 aromatic carbocycles. The number of amides is 1. The van der Waals surface area contributed by atoms with Gasteiger partial charge in [0.05, 0.1) is 11.4 Å². The number of carbonyl (C=O) groups is 1. The fraction of sp³-hybridized carbons (Fsp3) is 0. The number of hydrogen-bond donors (Lipinski definition) is 2. The zero-order valence-corrected chi connectivity index (χ0v) is 9.35. The van der Waals surface area contributed by atoms with Gasteiger partial charge in [-0.25, -0.2) is 8.78 Å². The molecule has 2 rings (SSSR count). The number of nitrogens with two attached hydrogens (primary N) is 1. The summed E-state index contributed by atoms with van der Waals surface area (Å²) in [6.07, 6.45) is 0. The average molecular weight is 254 g/mol. The van der Waals surface area contributed by atoms with Crippen molar-refractivity contribution in [3.63, 3.8) is 0 Å². The summed E-state index contributed by atoms with van der Waals surface area (Å²) in [5, 5.41) is 3.92. The molecule has 0 fully saturated rings. The smallest absolute Gasteiger partial charge is 0.267 e. The van der Waals surface area contributed by atoms with E-state index < -0.39 is 17.5 Å². The molecule has 0 saturated heterocycles. The summed E-state index contributed by atoms with van der Waals surface area (Å²) in [5.41, 5.74) is 5.65. The van der Waals surface area contributed by atoms with E-state index in [4.69, 9.17) is 5.73 Å². The fourth-order valence-corrected chi connectivity index (χ4v) is 2.00. The van der Waals surface area contributed by atoms with E-state index in [9.17, 15) is 13.6 Å². The van der Waals surface area contributed by atoms with E-state index in [0.717, 1.165) is 17.4 Å². The summed E-state index contributed by atoms with van der Waals surface area (Å²) < 4.78 is 26.2. The molecular formula is C11H8F2N2OS. The molecule has 3 N–H and O–H groups in total. The van der Waals surface area contributed by atoms with Gasteiger partial charge in [-0.1, -0.05) is 6.07 Å². The number of nitrogen functional groups attached to an aromatic ring is 1. The molecule has 3 nitrogen and oxygen atoms in total. The minimum Gasteiger partial charge on any atom is -0.397 e. The minimum atomic E-state index is -1.09. The third kappa shape index (κ3) is 2.26. The van der Waals surface area contributed by atoms with Crippen LogP contribution in [-0.4, -0.2) is 5.91 Å². The Balaban J connectivity index is 2.25. The van der Waals surface area contributed by atoms with Crippen LogP contribution in [0.25, 0.3) is 0 Å². The first-order chi connectivity index (χ1) is 8.09.